The molecule has 3 heterocycles. The van der Waals surface area contributed by atoms with E-state index in [0.29, 0.717) is 27.8 Å². The van der Waals surface area contributed by atoms with Crippen molar-refractivity contribution in [2.24, 2.45) is 0 Å². The maximum atomic E-state index is 10.2. The zero-order valence-corrected chi connectivity index (χ0v) is 13.1. The number of nitrogens with zero attached hydrogens (tertiary/aromatic N) is 3. The zero-order chi connectivity index (χ0) is 16.7. The van der Waals surface area contributed by atoms with Crippen molar-refractivity contribution < 1.29 is 10.2 Å². The molecule has 3 aromatic heterocycles. The molecule has 0 saturated carbocycles. The number of aromatic hydroxyl groups is 2. The Hall–Kier alpha value is -3.05. The molecule has 0 unspecified atom stereocenters. The highest BCUT2D eigenvalue weighted by molar-refractivity contribution is 6.33. The van der Waals surface area contributed by atoms with Gasteiger partial charge in [0.1, 0.15) is 22.9 Å². The van der Waals surface area contributed by atoms with Gasteiger partial charge in [-0.15, -0.1) is 0 Å². The molecule has 0 aliphatic heterocycles. The summed E-state index contributed by atoms with van der Waals surface area (Å²) in [4.78, 5) is 8.84. The molecule has 24 heavy (non-hydrogen) atoms. The molecule has 6 heteroatoms. The van der Waals surface area contributed by atoms with Crippen LogP contribution in [0, 0.1) is 0 Å². The van der Waals surface area contributed by atoms with E-state index in [-0.39, 0.29) is 11.5 Å². The van der Waals surface area contributed by atoms with Crippen LogP contribution < -0.4 is 0 Å². The van der Waals surface area contributed by atoms with Crippen LogP contribution in [0.25, 0.3) is 28.3 Å². The fourth-order valence-electron chi connectivity index (χ4n) is 2.70. The summed E-state index contributed by atoms with van der Waals surface area (Å²) >= 11 is 6.27. The van der Waals surface area contributed by atoms with Gasteiger partial charge in [0.25, 0.3) is 0 Å². The van der Waals surface area contributed by atoms with Gasteiger partial charge < -0.3 is 10.2 Å². The first kappa shape index (κ1) is 14.5. The fourth-order valence-corrected chi connectivity index (χ4v) is 2.96. The highest BCUT2D eigenvalue weighted by Crippen LogP contribution is 2.38. The van der Waals surface area contributed by atoms with Gasteiger partial charge in [-0.25, -0.2) is 4.98 Å². The molecular weight excluding hydrogens is 326 g/mol. The van der Waals surface area contributed by atoms with Crippen molar-refractivity contribution in [3.8, 4) is 34.3 Å². The van der Waals surface area contributed by atoms with Crippen LogP contribution in [0.5, 0.6) is 11.5 Å². The van der Waals surface area contributed by atoms with Crippen LogP contribution in [0.15, 0.2) is 60.9 Å². The van der Waals surface area contributed by atoms with Crippen molar-refractivity contribution in [3.63, 3.8) is 0 Å². The van der Waals surface area contributed by atoms with E-state index < -0.39 is 0 Å². The first-order valence-electron chi connectivity index (χ1n) is 7.26. The minimum atomic E-state index is 0.0371. The van der Waals surface area contributed by atoms with Gasteiger partial charge >= 0.3 is 0 Å². The number of pyridine rings is 2. The number of phenolic OH excluding ortho intramolecular Hbond substituents is 1. The Morgan fingerprint density at radius 1 is 0.875 bits per heavy atom. The lowest BCUT2D eigenvalue weighted by Gasteiger charge is -2.05. The molecule has 0 fully saturated rings. The summed E-state index contributed by atoms with van der Waals surface area (Å²) in [6.45, 7) is 0. The molecule has 5 nitrogen and oxygen atoms in total. The summed E-state index contributed by atoms with van der Waals surface area (Å²) in [5.41, 5.74) is 2.07. The number of rotatable bonds is 2. The van der Waals surface area contributed by atoms with E-state index in [2.05, 4.69) is 9.97 Å². The third-order valence-electron chi connectivity index (χ3n) is 3.77. The van der Waals surface area contributed by atoms with Gasteiger partial charge in [0.2, 0.25) is 0 Å². The monoisotopic (exact) mass is 337 g/mol. The minimum Gasteiger partial charge on any atom is -0.507 e. The molecule has 0 aliphatic rings. The van der Waals surface area contributed by atoms with E-state index in [1.807, 2.05) is 28.8 Å². The maximum Gasteiger partial charge on any atom is 0.150 e. The van der Waals surface area contributed by atoms with E-state index in [1.54, 1.807) is 36.5 Å². The number of benzene rings is 1. The molecule has 0 spiro atoms. The number of hydrogen-bond acceptors (Lipinski definition) is 4. The molecule has 0 saturated heterocycles. The second kappa shape index (κ2) is 5.54. The van der Waals surface area contributed by atoms with E-state index in [9.17, 15) is 10.2 Å². The largest absolute Gasteiger partial charge is 0.507 e. The second-order valence-corrected chi connectivity index (χ2v) is 5.65. The van der Waals surface area contributed by atoms with Crippen LogP contribution in [-0.4, -0.2) is 24.6 Å². The Morgan fingerprint density at radius 3 is 2.50 bits per heavy atom. The van der Waals surface area contributed by atoms with E-state index >= 15 is 0 Å². The molecule has 0 aliphatic carbocycles. The molecule has 0 radical (unpaired) electrons. The van der Waals surface area contributed by atoms with E-state index in [0.717, 1.165) is 5.52 Å². The first-order chi connectivity index (χ1) is 11.7. The zero-order valence-electron chi connectivity index (χ0n) is 12.4. The molecule has 4 rings (SSSR count). The maximum absolute atomic E-state index is 10.2. The topological polar surface area (TPSA) is 70.7 Å². The summed E-state index contributed by atoms with van der Waals surface area (Å²) in [7, 11) is 0. The van der Waals surface area contributed by atoms with Crippen molar-refractivity contribution >= 4 is 17.1 Å². The summed E-state index contributed by atoms with van der Waals surface area (Å²) in [5, 5.41) is 20.8. The lowest BCUT2D eigenvalue weighted by Crippen LogP contribution is -1.89. The number of fused-ring (bicyclic) bond motifs is 1. The normalized spacial score (nSPS) is 11.0. The van der Waals surface area contributed by atoms with Gasteiger partial charge in [-0.05, 0) is 36.4 Å². The van der Waals surface area contributed by atoms with Gasteiger partial charge in [0.15, 0.2) is 5.82 Å². The predicted octanol–water partition coefficient (Wildman–Crippen LogP) is 4.13. The molecule has 4 aromatic rings. The molecule has 1 aromatic carbocycles. The lowest BCUT2D eigenvalue weighted by molar-refractivity contribution is 0.475. The van der Waals surface area contributed by atoms with E-state index in [4.69, 9.17) is 11.6 Å². The van der Waals surface area contributed by atoms with Gasteiger partial charge in [-0.3, -0.25) is 9.38 Å². The average molecular weight is 338 g/mol. The summed E-state index contributed by atoms with van der Waals surface area (Å²) in [6, 6.07) is 13.7. The molecule has 0 bridgehead atoms. The number of aromatic nitrogens is 3. The molecule has 0 amide bonds. The van der Waals surface area contributed by atoms with E-state index in [1.165, 1.54) is 0 Å². The van der Waals surface area contributed by atoms with Crippen LogP contribution >= 0.6 is 11.6 Å². The Morgan fingerprint density at radius 2 is 1.71 bits per heavy atom. The minimum absolute atomic E-state index is 0.0371. The second-order valence-electron chi connectivity index (χ2n) is 5.24. The Labute approximate surface area is 142 Å². The third-order valence-corrected chi connectivity index (χ3v) is 4.09. The van der Waals surface area contributed by atoms with Crippen molar-refractivity contribution in [2.45, 2.75) is 0 Å². The number of phenols is 1. The van der Waals surface area contributed by atoms with Crippen molar-refractivity contribution in [3.05, 3.63) is 65.9 Å². The van der Waals surface area contributed by atoms with Crippen LogP contribution in [0.3, 0.4) is 0 Å². The van der Waals surface area contributed by atoms with Gasteiger partial charge in [0, 0.05) is 12.4 Å². The Bertz CT molecular complexity index is 1040. The molecule has 0 atom stereocenters. The molecule has 118 valence electrons. The number of hydrogen-bond donors (Lipinski definition) is 2. The molecule has 2 N–H and O–H groups in total. The summed E-state index contributed by atoms with van der Waals surface area (Å²) < 4.78 is 1.81. The van der Waals surface area contributed by atoms with Crippen molar-refractivity contribution in [1.82, 2.24) is 14.4 Å². The van der Waals surface area contributed by atoms with Crippen LogP contribution in [0.1, 0.15) is 0 Å². The average Bonchev–Trinajstić information content (AvgIpc) is 2.95. The van der Waals surface area contributed by atoms with Crippen molar-refractivity contribution in [1.29, 1.82) is 0 Å². The summed E-state index contributed by atoms with van der Waals surface area (Å²) in [5.74, 6) is 0.556. The lowest BCUT2D eigenvalue weighted by atomic mass is 10.2. The fraction of sp³-hybridized carbons (Fsp3) is 0. The van der Waals surface area contributed by atoms with Gasteiger partial charge in [-0.1, -0.05) is 23.7 Å². The summed E-state index contributed by atoms with van der Waals surface area (Å²) in [6.07, 6.45) is 3.42. The van der Waals surface area contributed by atoms with Crippen LogP contribution in [-0.2, 0) is 0 Å². The van der Waals surface area contributed by atoms with Crippen LogP contribution in [0.4, 0.5) is 0 Å². The first-order valence-corrected chi connectivity index (χ1v) is 7.64. The Kier molecular flexibility index (Phi) is 3.36. The number of halogens is 1. The Balaban J connectivity index is 2.08. The third kappa shape index (κ3) is 2.18. The van der Waals surface area contributed by atoms with Crippen molar-refractivity contribution in [2.75, 3.05) is 0 Å². The predicted molar refractivity (Wildman–Crippen MR) is 92.2 cm³/mol. The molecular formula is C18H12ClN3O2. The quantitative estimate of drug-likeness (QED) is 0.577. The van der Waals surface area contributed by atoms with Gasteiger partial charge in [-0.2, -0.15) is 0 Å². The SMILES string of the molecule is Oc1cccnc1-c1nc(-c2c(O)cccc2Cl)n2ccccc12. The highest BCUT2D eigenvalue weighted by Gasteiger charge is 2.20. The number of imidazole rings is 1. The highest BCUT2D eigenvalue weighted by atomic mass is 35.5. The van der Waals surface area contributed by atoms with Crippen LogP contribution in [0.2, 0.25) is 5.02 Å². The van der Waals surface area contributed by atoms with Gasteiger partial charge in [0.05, 0.1) is 16.1 Å². The smallest absolute Gasteiger partial charge is 0.150 e. The standard InChI is InChI=1S/C18H12ClN3O2/c19-11-5-3-7-13(23)15(11)18-21-16(12-6-1-2-10-22(12)18)17-14(24)8-4-9-20-17/h1-10,23-24H.